The Balaban J connectivity index is 1.66. The number of amides is 1. The third kappa shape index (κ3) is 4.37. The summed E-state index contributed by atoms with van der Waals surface area (Å²) in [4.78, 5) is 24.3. The molecule has 1 amide bonds. The third-order valence-corrected chi connectivity index (χ3v) is 4.12. The third-order valence-electron chi connectivity index (χ3n) is 3.79. The van der Waals surface area contributed by atoms with E-state index in [0.717, 1.165) is 12.1 Å². The molecular formula is C20H14ClF2NO4. The molecule has 8 heteroatoms. The number of hydrogen-bond donors (Lipinski definition) is 1. The van der Waals surface area contributed by atoms with Gasteiger partial charge >= 0.3 is 5.97 Å². The van der Waals surface area contributed by atoms with E-state index >= 15 is 0 Å². The molecule has 1 aromatic heterocycles. The molecule has 5 nitrogen and oxygen atoms in total. The normalized spacial score (nSPS) is 11.7. The summed E-state index contributed by atoms with van der Waals surface area (Å²) in [7, 11) is 0. The van der Waals surface area contributed by atoms with E-state index < -0.39 is 29.6 Å². The van der Waals surface area contributed by atoms with Crippen LogP contribution in [0.15, 0.2) is 59.0 Å². The van der Waals surface area contributed by atoms with Gasteiger partial charge in [0.15, 0.2) is 6.10 Å². The number of furan rings is 1. The standard InChI is InChI=1S/C20H14ClF2NO4/c1-11(19(25)24-16-7-6-12(22)10-15(16)23)27-20(26)18-9-8-17(28-18)13-4-2-3-5-14(13)21/h2-11H,1H3,(H,24,25)/t11-/m0/s1. The average molecular weight is 406 g/mol. The number of halogens is 3. The van der Waals surface area contributed by atoms with Crippen molar-refractivity contribution in [3.05, 3.63) is 77.0 Å². The van der Waals surface area contributed by atoms with Gasteiger partial charge in [-0.25, -0.2) is 13.6 Å². The van der Waals surface area contributed by atoms with Crippen molar-refractivity contribution in [3.63, 3.8) is 0 Å². The van der Waals surface area contributed by atoms with Crippen molar-refractivity contribution < 1.29 is 27.5 Å². The maximum Gasteiger partial charge on any atom is 0.375 e. The fourth-order valence-electron chi connectivity index (χ4n) is 2.35. The van der Waals surface area contributed by atoms with Crippen molar-refractivity contribution in [2.75, 3.05) is 5.32 Å². The van der Waals surface area contributed by atoms with Crippen LogP contribution in [-0.4, -0.2) is 18.0 Å². The second kappa shape index (κ2) is 8.22. The highest BCUT2D eigenvalue weighted by molar-refractivity contribution is 6.33. The number of carbonyl (C=O) groups excluding carboxylic acids is 2. The molecule has 0 saturated carbocycles. The molecule has 0 unspecified atom stereocenters. The maximum atomic E-state index is 13.6. The molecule has 0 aliphatic heterocycles. The van der Waals surface area contributed by atoms with Crippen molar-refractivity contribution in [2.24, 2.45) is 0 Å². The molecule has 1 atom stereocenters. The topological polar surface area (TPSA) is 68.5 Å². The Morgan fingerprint density at radius 2 is 1.86 bits per heavy atom. The van der Waals surface area contributed by atoms with Crippen LogP contribution >= 0.6 is 11.6 Å². The lowest BCUT2D eigenvalue weighted by Gasteiger charge is -2.13. The van der Waals surface area contributed by atoms with Crippen LogP contribution in [0.25, 0.3) is 11.3 Å². The van der Waals surface area contributed by atoms with Gasteiger partial charge in [0, 0.05) is 11.6 Å². The second-order valence-corrected chi connectivity index (χ2v) is 6.21. The summed E-state index contributed by atoms with van der Waals surface area (Å²) in [6, 6.07) is 12.6. The number of ether oxygens (including phenoxy) is 1. The summed E-state index contributed by atoms with van der Waals surface area (Å²) in [6.07, 6.45) is -1.24. The highest BCUT2D eigenvalue weighted by atomic mass is 35.5. The summed E-state index contributed by atoms with van der Waals surface area (Å²) in [6.45, 7) is 1.31. The minimum atomic E-state index is -1.24. The van der Waals surface area contributed by atoms with Crippen molar-refractivity contribution >= 4 is 29.2 Å². The highest BCUT2D eigenvalue weighted by Gasteiger charge is 2.22. The summed E-state index contributed by atoms with van der Waals surface area (Å²) in [5.74, 6) is -3.13. The van der Waals surface area contributed by atoms with Crippen LogP contribution in [0, 0.1) is 11.6 Å². The molecule has 0 saturated heterocycles. The van der Waals surface area contributed by atoms with E-state index in [0.29, 0.717) is 22.4 Å². The number of hydrogen-bond acceptors (Lipinski definition) is 4. The molecule has 144 valence electrons. The Hall–Kier alpha value is -3.19. The van der Waals surface area contributed by atoms with Crippen LogP contribution in [0.5, 0.6) is 0 Å². The van der Waals surface area contributed by atoms with Crippen LogP contribution in [-0.2, 0) is 9.53 Å². The van der Waals surface area contributed by atoms with E-state index in [2.05, 4.69) is 5.32 Å². The number of anilines is 1. The molecule has 0 aliphatic carbocycles. The lowest BCUT2D eigenvalue weighted by atomic mass is 10.2. The molecule has 1 heterocycles. The molecule has 0 aliphatic rings. The molecule has 0 spiro atoms. The van der Waals surface area contributed by atoms with Crippen molar-refractivity contribution in [3.8, 4) is 11.3 Å². The Bertz CT molecular complexity index is 1030. The summed E-state index contributed by atoms with van der Waals surface area (Å²) >= 11 is 6.09. The summed E-state index contributed by atoms with van der Waals surface area (Å²) < 4.78 is 37.0. The first-order valence-electron chi connectivity index (χ1n) is 8.17. The first-order chi connectivity index (χ1) is 13.3. The average Bonchev–Trinajstić information content (AvgIpc) is 3.14. The molecule has 28 heavy (non-hydrogen) atoms. The van der Waals surface area contributed by atoms with Gasteiger partial charge in [-0.3, -0.25) is 4.79 Å². The Morgan fingerprint density at radius 3 is 2.57 bits per heavy atom. The molecule has 3 aromatic rings. The van der Waals surface area contributed by atoms with Gasteiger partial charge in [-0.2, -0.15) is 0 Å². The number of benzene rings is 2. The number of nitrogens with one attached hydrogen (secondary N) is 1. The molecule has 3 rings (SSSR count). The van der Waals surface area contributed by atoms with Gasteiger partial charge in [-0.1, -0.05) is 23.7 Å². The summed E-state index contributed by atoms with van der Waals surface area (Å²) in [5, 5.41) is 2.68. The lowest BCUT2D eigenvalue weighted by Crippen LogP contribution is -2.30. The van der Waals surface area contributed by atoms with E-state index in [1.54, 1.807) is 30.3 Å². The van der Waals surface area contributed by atoms with Gasteiger partial charge in [0.1, 0.15) is 17.4 Å². The van der Waals surface area contributed by atoms with Gasteiger partial charge < -0.3 is 14.5 Å². The van der Waals surface area contributed by atoms with E-state index in [-0.39, 0.29) is 11.4 Å². The zero-order valence-corrected chi connectivity index (χ0v) is 15.3. The van der Waals surface area contributed by atoms with Gasteiger partial charge in [-0.05, 0) is 43.3 Å². The molecule has 1 N–H and O–H groups in total. The molecule has 2 aromatic carbocycles. The predicted octanol–water partition coefficient (Wildman–Crippen LogP) is 5.06. The highest BCUT2D eigenvalue weighted by Crippen LogP contribution is 2.29. The first-order valence-corrected chi connectivity index (χ1v) is 8.54. The zero-order valence-electron chi connectivity index (χ0n) is 14.5. The van der Waals surface area contributed by atoms with Crippen molar-refractivity contribution in [2.45, 2.75) is 13.0 Å². The van der Waals surface area contributed by atoms with Gasteiger partial charge in [0.2, 0.25) is 5.76 Å². The Kier molecular flexibility index (Phi) is 5.75. The smallest absolute Gasteiger partial charge is 0.375 e. The maximum absolute atomic E-state index is 13.6. The van der Waals surface area contributed by atoms with Gasteiger partial charge in [0.05, 0.1) is 10.7 Å². The van der Waals surface area contributed by atoms with E-state index in [1.165, 1.54) is 13.0 Å². The largest absolute Gasteiger partial charge is 0.449 e. The van der Waals surface area contributed by atoms with E-state index in [9.17, 15) is 18.4 Å². The van der Waals surface area contributed by atoms with Crippen molar-refractivity contribution in [1.82, 2.24) is 0 Å². The van der Waals surface area contributed by atoms with E-state index in [1.807, 2.05) is 0 Å². The minimum Gasteiger partial charge on any atom is -0.449 e. The Labute approximate surface area is 163 Å². The van der Waals surface area contributed by atoms with Gasteiger partial charge in [0.25, 0.3) is 5.91 Å². The first kappa shape index (κ1) is 19.6. The molecule has 0 fully saturated rings. The van der Waals surface area contributed by atoms with Crippen LogP contribution < -0.4 is 5.32 Å². The van der Waals surface area contributed by atoms with Crippen molar-refractivity contribution in [1.29, 1.82) is 0 Å². The molecular weight excluding hydrogens is 392 g/mol. The summed E-state index contributed by atoms with van der Waals surface area (Å²) in [5.41, 5.74) is 0.370. The van der Waals surface area contributed by atoms with Crippen LogP contribution in [0.4, 0.5) is 14.5 Å². The number of esters is 1. The van der Waals surface area contributed by atoms with E-state index in [4.69, 9.17) is 20.8 Å². The van der Waals surface area contributed by atoms with Crippen LogP contribution in [0.1, 0.15) is 17.5 Å². The zero-order chi connectivity index (χ0) is 20.3. The number of carbonyl (C=O) groups is 2. The molecule has 0 radical (unpaired) electrons. The predicted molar refractivity (Wildman–Crippen MR) is 99.0 cm³/mol. The van der Waals surface area contributed by atoms with Gasteiger partial charge in [-0.15, -0.1) is 0 Å². The fraction of sp³-hybridized carbons (Fsp3) is 0.100. The number of rotatable bonds is 5. The monoisotopic (exact) mass is 405 g/mol. The SMILES string of the molecule is C[C@H](OC(=O)c1ccc(-c2ccccc2Cl)o1)C(=O)Nc1ccc(F)cc1F. The quantitative estimate of drug-likeness (QED) is 0.602. The Morgan fingerprint density at radius 1 is 1.11 bits per heavy atom. The lowest BCUT2D eigenvalue weighted by molar-refractivity contribution is -0.123. The minimum absolute atomic E-state index is 0.123. The molecule has 0 bridgehead atoms. The fourth-order valence-corrected chi connectivity index (χ4v) is 2.58. The second-order valence-electron chi connectivity index (χ2n) is 5.80. The van der Waals surface area contributed by atoms with Crippen LogP contribution in [0.3, 0.4) is 0 Å². The van der Waals surface area contributed by atoms with Crippen LogP contribution in [0.2, 0.25) is 5.02 Å².